The summed E-state index contributed by atoms with van der Waals surface area (Å²) >= 11 is 11.7. The van der Waals surface area contributed by atoms with E-state index in [1.54, 1.807) is 48.5 Å². The fourth-order valence-electron chi connectivity index (χ4n) is 1.79. The molecule has 5 heteroatoms. The van der Waals surface area contributed by atoms with Crippen molar-refractivity contribution in [1.29, 1.82) is 0 Å². The topological polar surface area (TPSA) is 26.3 Å². The standard InChI is InChI=1S/C14H10Cl2O2.Ba.2H/c15-14(13(17)18-16,11-7-3-1-4-8-11)12-9-5-2-6-10-12;;;/h1-10H;;;. The van der Waals surface area contributed by atoms with Crippen LogP contribution in [0.1, 0.15) is 11.1 Å². The van der Waals surface area contributed by atoms with Gasteiger partial charge in [-0.2, -0.15) is 0 Å². The molecule has 2 rings (SSSR count). The molecule has 2 aromatic rings. The molecular formula is C14H12BaCl2O2. The van der Waals surface area contributed by atoms with Gasteiger partial charge in [0.15, 0.2) is 4.87 Å². The van der Waals surface area contributed by atoms with Crippen molar-refractivity contribution >= 4 is 78.3 Å². The van der Waals surface area contributed by atoms with Crippen molar-refractivity contribution in [3.05, 3.63) is 71.8 Å². The normalized spacial score (nSPS) is 10.4. The second kappa shape index (κ2) is 7.74. The first-order valence-corrected chi connectivity index (χ1v) is 6.01. The van der Waals surface area contributed by atoms with E-state index in [-0.39, 0.29) is 48.9 Å². The van der Waals surface area contributed by atoms with Gasteiger partial charge in [-0.25, -0.2) is 4.79 Å². The number of benzene rings is 2. The molecule has 0 atom stereocenters. The fourth-order valence-corrected chi connectivity index (χ4v) is 2.24. The Bertz CT molecular complexity index is 492. The molecule has 96 valence electrons. The third-order valence-corrected chi connectivity index (χ3v) is 3.43. The number of rotatable bonds is 3. The van der Waals surface area contributed by atoms with Crippen molar-refractivity contribution < 1.29 is 9.08 Å². The van der Waals surface area contributed by atoms with E-state index < -0.39 is 10.8 Å². The molecule has 0 aromatic heterocycles. The number of alkyl halides is 1. The minimum atomic E-state index is -1.43. The van der Waals surface area contributed by atoms with Crippen LogP contribution in [0.25, 0.3) is 0 Å². The summed E-state index contributed by atoms with van der Waals surface area (Å²) in [5, 5.41) is 0. The monoisotopic (exact) mass is 420 g/mol. The average Bonchev–Trinajstić information content (AvgIpc) is 2.47. The Balaban J connectivity index is 0.00000180. The third-order valence-electron chi connectivity index (χ3n) is 2.69. The van der Waals surface area contributed by atoms with Gasteiger partial charge in [0.05, 0.1) is 0 Å². The van der Waals surface area contributed by atoms with Crippen LogP contribution in [0, 0.1) is 0 Å². The van der Waals surface area contributed by atoms with E-state index in [2.05, 4.69) is 4.29 Å². The molecule has 0 bridgehead atoms. The molecule has 0 aliphatic heterocycles. The number of carbonyl (C=O) groups excluding carboxylic acids is 1. The van der Waals surface area contributed by atoms with Crippen LogP contribution in [0.15, 0.2) is 60.7 Å². The maximum absolute atomic E-state index is 11.9. The second-order valence-corrected chi connectivity index (χ2v) is 4.48. The van der Waals surface area contributed by atoms with Crippen molar-refractivity contribution in [2.45, 2.75) is 4.87 Å². The van der Waals surface area contributed by atoms with Crippen LogP contribution in [0.4, 0.5) is 0 Å². The molecule has 0 saturated carbocycles. The molecule has 0 saturated heterocycles. The van der Waals surface area contributed by atoms with E-state index in [0.29, 0.717) is 11.1 Å². The molecular weight excluding hydrogens is 408 g/mol. The Hall–Kier alpha value is 0.0614. The zero-order valence-corrected chi connectivity index (χ0v) is 10.9. The molecule has 0 unspecified atom stereocenters. The predicted octanol–water partition coefficient (Wildman–Crippen LogP) is 2.95. The number of hydrogen-bond donors (Lipinski definition) is 0. The summed E-state index contributed by atoms with van der Waals surface area (Å²) in [5.41, 5.74) is 1.23. The van der Waals surface area contributed by atoms with Crippen LogP contribution >= 0.6 is 23.5 Å². The van der Waals surface area contributed by atoms with Gasteiger partial charge >= 0.3 is 54.9 Å². The molecule has 2 nitrogen and oxygen atoms in total. The number of carbonyl (C=O) groups is 1. The van der Waals surface area contributed by atoms with Gasteiger partial charge in [-0.1, -0.05) is 72.3 Å². The zero-order valence-electron chi connectivity index (χ0n) is 9.35. The minimum absolute atomic E-state index is 0. The zero-order chi connectivity index (χ0) is 13.0. The van der Waals surface area contributed by atoms with Crippen LogP contribution in [0.5, 0.6) is 0 Å². The van der Waals surface area contributed by atoms with Crippen molar-refractivity contribution in [2.75, 3.05) is 0 Å². The SMILES string of the molecule is O=C(OCl)C(Cl)(c1ccccc1)c1ccccc1.[BaH2]. The van der Waals surface area contributed by atoms with Crippen LogP contribution in [0.2, 0.25) is 0 Å². The van der Waals surface area contributed by atoms with Gasteiger partial charge in [-0.3, -0.25) is 0 Å². The Morgan fingerprint density at radius 2 is 1.26 bits per heavy atom. The summed E-state index contributed by atoms with van der Waals surface area (Å²) in [7, 11) is 0. The Morgan fingerprint density at radius 1 is 0.895 bits per heavy atom. The maximum atomic E-state index is 11.9. The van der Waals surface area contributed by atoms with Crippen molar-refractivity contribution in [1.82, 2.24) is 0 Å². The second-order valence-electron chi connectivity index (χ2n) is 3.76. The van der Waals surface area contributed by atoms with Crippen molar-refractivity contribution in [3.63, 3.8) is 0 Å². The molecule has 2 aromatic carbocycles. The van der Waals surface area contributed by atoms with Gasteiger partial charge in [0, 0.05) is 0 Å². The average molecular weight is 420 g/mol. The van der Waals surface area contributed by atoms with Gasteiger partial charge < -0.3 is 4.29 Å². The Labute approximate surface area is 162 Å². The van der Waals surface area contributed by atoms with E-state index in [1.807, 2.05) is 12.1 Å². The summed E-state index contributed by atoms with van der Waals surface area (Å²) < 4.78 is 4.33. The van der Waals surface area contributed by atoms with Gasteiger partial charge in [-0.05, 0) is 11.1 Å². The Morgan fingerprint density at radius 3 is 1.58 bits per heavy atom. The van der Waals surface area contributed by atoms with Crippen LogP contribution in [-0.2, 0) is 14.0 Å². The van der Waals surface area contributed by atoms with E-state index in [1.165, 1.54) is 0 Å². The van der Waals surface area contributed by atoms with E-state index >= 15 is 0 Å². The summed E-state index contributed by atoms with van der Waals surface area (Å²) in [4.78, 5) is 10.5. The number of halogens is 2. The van der Waals surface area contributed by atoms with Gasteiger partial charge in [-0.15, -0.1) is 0 Å². The van der Waals surface area contributed by atoms with Crippen LogP contribution < -0.4 is 0 Å². The quantitative estimate of drug-likeness (QED) is 0.564. The Kier molecular flexibility index (Phi) is 6.97. The molecule has 0 amide bonds. The molecule has 0 aliphatic rings. The first-order valence-electron chi connectivity index (χ1n) is 5.32. The number of hydrogen-bond acceptors (Lipinski definition) is 2. The van der Waals surface area contributed by atoms with Crippen molar-refractivity contribution in [3.8, 4) is 0 Å². The molecule has 0 aliphatic carbocycles. The predicted molar refractivity (Wildman–Crippen MR) is 80.0 cm³/mol. The van der Waals surface area contributed by atoms with E-state index in [9.17, 15) is 4.79 Å². The van der Waals surface area contributed by atoms with E-state index in [4.69, 9.17) is 23.5 Å². The third kappa shape index (κ3) is 3.58. The van der Waals surface area contributed by atoms with Gasteiger partial charge in [0.25, 0.3) is 0 Å². The van der Waals surface area contributed by atoms with Crippen molar-refractivity contribution in [2.24, 2.45) is 0 Å². The molecule has 0 fully saturated rings. The van der Waals surface area contributed by atoms with Gasteiger partial charge in [0.2, 0.25) is 0 Å². The van der Waals surface area contributed by atoms with Crippen LogP contribution in [0.3, 0.4) is 0 Å². The summed E-state index contributed by atoms with van der Waals surface area (Å²) in [5.74, 6) is -0.719. The molecule has 0 N–H and O–H groups in total. The summed E-state index contributed by atoms with van der Waals surface area (Å²) in [6.07, 6.45) is 0. The van der Waals surface area contributed by atoms with Crippen LogP contribution in [-0.4, -0.2) is 54.9 Å². The molecule has 0 radical (unpaired) electrons. The first-order chi connectivity index (χ1) is 8.69. The van der Waals surface area contributed by atoms with E-state index in [0.717, 1.165) is 0 Å². The fraction of sp³-hybridized carbons (Fsp3) is 0.0714. The first kappa shape index (κ1) is 17.1. The molecule has 0 spiro atoms. The summed E-state index contributed by atoms with van der Waals surface area (Å²) in [6, 6.07) is 17.9. The van der Waals surface area contributed by atoms with Gasteiger partial charge in [0.1, 0.15) is 11.9 Å². The summed E-state index contributed by atoms with van der Waals surface area (Å²) in [6.45, 7) is 0. The molecule has 19 heavy (non-hydrogen) atoms. The molecule has 0 heterocycles.